The fourth-order valence-electron chi connectivity index (χ4n) is 6.55. The van der Waals surface area contributed by atoms with E-state index in [-0.39, 0.29) is 0 Å². The Bertz CT molecular complexity index is 1340. The van der Waals surface area contributed by atoms with Crippen molar-refractivity contribution in [2.45, 2.75) is 129 Å². The molecule has 1 aliphatic heterocycles. The van der Waals surface area contributed by atoms with Gasteiger partial charge in [-0.2, -0.15) is 0 Å². The van der Waals surface area contributed by atoms with E-state index in [1.54, 1.807) is 24.3 Å². The van der Waals surface area contributed by atoms with Gasteiger partial charge < -0.3 is 14.2 Å². The average molecular weight is 643 g/mol. The molecule has 0 unspecified atom stereocenters. The smallest absolute Gasteiger partial charge is 0.343 e. The number of nitrogens with zero attached hydrogens (tertiary/aromatic N) is 1. The molecule has 0 saturated carbocycles. The lowest BCUT2D eigenvalue weighted by molar-refractivity contribution is -0.260. The maximum Gasteiger partial charge on any atom is 0.343 e. The van der Waals surface area contributed by atoms with Gasteiger partial charge in [0, 0.05) is 0 Å². The Balaban J connectivity index is 1.26. The summed E-state index contributed by atoms with van der Waals surface area (Å²) in [5.74, 6) is 1.62. The van der Waals surface area contributed by atoms with Gasteiger partial charge in [-0.15, -0.1) is 10.3 Å². The Morgan fingerprint density at radius 1 is 0.574 bits per heavy atom. The predicted octanol–water partition coefficient (Wildman–Crippen LogP) is 11.0. The molecule has 6 nitrogen and oxygen atoms in total. The first-order valence-electron chi connectivity index (χ1n) is 18.1. The third-order valence-electron chi connectivity index (χ3n) is 9.78. The molecule has 1 radical (unpaired) electrons. The Morgan fingerprint density at radius 2 is 0.957 bits per heavy atom. The van der Waals surface area contributed by atoms with E-state index < -0.39 is 17.0 Å². The third kappa shape index (κ3) is 10.1. The summed E-state index contributed by atoms with van der Waals surface area (Å²) >= 11 is 0. The van der Waals surface area contributed by atoms with Crippen molar-refractivity contribution in [3.63, 3.8) is 0 Å². The summed E-state index contributed by atoms with van der Waals surface area (Å²) < 4.78 is 17.5. The van der Waals surface area contributed by atoms with Gasteiger partial charge in [0.15, 0.2) is 0 Å². The standard InChI is InChI=1S/C41H56NO5/c1-5-7-9-11-13-15-31-45-36-23-17-33(18-24-36)39(43)47-38-27-21-35(22-28-38)41(4)30-29-40(3,42(41)44)34-19-25-37(26-20-34)46-32-16-14-12-10-8-6-2/h17-28H,5-16,29-32H2,1-4H3/t40-,41+/m1/s1. The molecular weight excluding hydrogens is 586 g/mol. The number of esters is 1. The van der Waals surface area contributed by atoms with E-state index in [1.807, 2.05) is 62.4 Å². The molecule has 0 aliphatic carbocycles. The highest BCUT2D eigenvalue weighted by Gasteiger charge is 2.52. The number of hydrogen-bond acceptors (Lipinski definition) is 5. The minimum absolute atomic E-state index is 0.426. The van der Waals surface area contributed by atoms with Crippen molar-refractivity contribution < 1.29 is 24.2 Å². The molecule has 1 heterocycles. The molecule has 1 fully saturated rings. The number of ether oxygens (including phenoxy) is 3. The number of unbranched alkanes of at least 4 members (excludes halogenated alkanes) is 10. The molecule has 3 aromatic rings. The maximum atomic E-state index is 14.0. The lowest BCUT2D eigenvalue weighted by Gasteiger charge is -2.37. The van der Waals surface area contributed by atoms with Crippen LogP contribution in [0.3, 0.4) is 0 Å². The Kier molecular flexibility index (Phi) is 14.2. The van der Waals surface area contributed by atoms with Crippen molar-refractivity contribution in [3.05, 3.63) is 89.5 Å². The zero-order valence-electron chi connectivity index (χ0n) is 29.2. The highest BCUT2D eigenvalue weighted by atomic mass is 16.5. The second-order valence-corrected chi connectivity index (χ2v) is 13.5. The Labute approximate surface area is 283 Å². The number of rotatable bonds is 20. The fraction of sp³-hybridized carbons (Fsp3) is 0.537. The molecule has 3 aromatic carbocycles. The molecule has 2 atom stereocenters. The molecule has 47 heavy (non-hydrogen) atoms. The second-order valence-electron chi connectivity index (χ2n) is 13.5. The van der Waals surface area contributed by atoms with Crippen molar-refractivity contribution in [3.8, 4) is 17.2 Å². The summed E-state index contributed by atoms with van der Waals surface area (Å²) in [5.41, 5.74) is 1.01. The van der Waals surface area contributed by atoms with Crippen LogP contribution in [-0.4, -0.2) is 24.2 Å². The van der Waals surface area contributed by atoms with Crippen LogP contribution in [0.15, 0.2) is 72.8 Å². The van der Waals surface area contributed by atoms with Gasteiger partial charge in [0.2, 0.25) is 0 Å². The van der Waals surface area contributed by atoms with Gasteiger partial charge in [-0.1, -0.05) is 102 Å². The molecule has 0 bridgehead atoms. The first kappa shape index (κ1) is 36.5. The van der Waals surface area contributed by atoms with Gasteiger partial charge in [-0.05, 0) is 99.2 Å². The Hall–Kier alpha value is -3.35. The molecule has 1 aliphatic rings. The van der Waals surface area contributed by atoms with Crippen molar-refractivity contribution in [1.82, 2.24) is 5.06 Å². The average Bonchev–Trinajstić information content (AvgIpc) is 3.34. The van der Waals surface area contributed by atoms with Gasteiger partial charge in [0.25, 0.3) is 0 Å². The zero-order chi connectivity index (χ0) is 33.5. The largest absolute Gasteiger partial charge is 0.494 e. The van der Waals surface area contributed by atoms with Gasteiger partial charge in [0.1, 0.15) is 17.2 Å². The molecule has 6 heteroatoms. The number of benzene rings is 3. The van der Waals surface area contributed by atoms with E-state index in [1.165, 1.54) is 69.3 Å². The summed E-state index contributed by atoms with van der Waals surface area (Å²) in [6.45, 7) is 9.89. The molecular formula is C41H56NO5. The minimum atomic E-state index is -0.699. The third-order valence-corrected chi connectivity index (χ3v) is 9.78. The van der Waals surface area contributed by atoms with Crippen LogP contribution >= 0.6 is 0 Å². The van der Waals surface area contributed by atoms with Crippen molar-refractivity contribution in [2.75, 3.05) is 13.2 Å². The van der Waals surface area contributed by atoms with Crippen molar-refractivity contribution >= 4 is 5.97 Å². The van der Waals surface area contributed by atoms with E-state index in [0.717, 1.165) is 54.9 Å². The monoisotopic (exact) mass is 642 g/mol. The van der Waals surface area contributed by atoms with Crippen LogP contribution in [0.25, 0.3) is 0 Å². The van der Waals surface area contributed by atoms with E-state index >= 15 is 0 Å². The summed E-state index contributed by atoms with van der Waals surface area (Å²) in [5, 5.41) is 15.2. The summed E-state index contributed by atoms with van der Waals surface area (Å²) in [7, 11) is 0. The molecule has 1 saturated heterocycles. The number of hydroxylamine groups is 2. The first-order chi connectivity index (χ1) is 22.8. The van der Waals surface area contributed by atoms with Crippen LogP contribution in [0.2, 0.25) is 0 Å². The highest BCUT2D eigenvalue weighted by Crippen LogP contribution is 2.51. The molecule has 255 valence electrons. The summed E-state index contributed by atoms with van der Waals surface area (Å²) in [4.78, 5) is 12.8. The van der Waals surface area contributed by atoms with Gasteiger partial charge in [-0.3, -0.25) is 0 Å². The first-order valence-corrected chi connectivity index (χ1v) is 18.1. The molecule has 4 rings (SSSR count). The molecule has 0 N–H and O–H groups in total. The molecule has 0 aromatic heterocycles. The Morgan fingerprint density at radius 3 is 1.40 bits per heavy atom. The topological polar surface area (TPSA) is 67.9 Å². The highest BCUT2D eigenvalue weighted by molar-refractivity contribution is 5.91. The predicted molar refractivity (Wildman–Crippen MR) is 188 cm³/mol. The second kappa shape index (κ2) is 18.3. The molecule has 0 spiro atoms. The molecule has 0 amide bonds. The lowest BCUT2D eigenvalue weighted by Crippen LogP contribution is -2.44. The van der Waals surface area contributed by atoms with Crippen LogP contribution in [0.4, 0.5) is 0 Å². The van der Waals surface area contributed by atoms with Crippen molar-refractivity contribution in [2.24, 2.45) is 0 Å². The minimum Gasteiger partial charge on any atom is -0.494 e. The van der Waals surface area contributed by atoms with Crippen molar-refractivity contribution in [1.29, 1.82) is 0 Å². The number of carbonyl (C=O) groups excluding carboxylic acids is 1. The van der Waals surface area contributed by atoms with Gasteiger partial charge in [0.05, 0.1) is 29.9 Å². The van der Waals surface area contributed by atoms with Crippen LogP contribution in [-0.2, 0) is 16.3 Å². The van der Waals surface area contributed by atoms with Gasteiger partial charge in [-0.25, -0.2) is 4.79 Å². The van der Waals surface area contributed by atoms with E-state index in [9.17, 15) is 10.0 Å². The number of carbonyl (C=O) groups is 1. The quantitative estimate of drug-likeness (QED) is 0.0697. The zero-order valence-corrected chi connectivity index (χ0v) is 29.2. The van der Waals surface area contributed by atoms with Crippen LogP contribution in [0.5, 0.6) is 17.2 Å². The maximum absolute atomic E-state index is 14.0. The van der Waals surface area contributed by atoms with Crippen LogP contribution in [0.1, 0.15) is 139 Å². The van der Waals surface area contributed by atoms with E-state index in [2.05, 4.69) is 13.8 Å². The SMILES string of the molecule is CCCCCCCCOc1ccc(C(=O)Oc2ccc([C@]3(C)CC[C@](C)(c4ccc(OCCCCCCCC)cc4)N3[O])cc2)cc1. The summed E-state index contributed by atoms with van der Waals surface area (Å²) in [6.07, 6.45) is 16.2. The van der Waals surface area contributed by atoms with Crippen LogP contribution in [0, 0.1) is 0 Å². The van der Waals surface area contributed by atoms with Crippen LogP contribution < -0.4 is 14.2 Å². The van der Waals surface area contributed by atoms with E-state index in [0.29, 0.717) is 17.9 Å². The van der Waals surface area contributed by atoms with E-state index in [4.69, 9.17) is 14.2 Å². The van der Waals surface area contributed by atoms with Gasteiger partial charge >= 0.3 is 5.97 Å². The summed E-state index contributed by atoms with van der Waals surface area (Å²) in [6, 6.07) is 22.5. The number of hydrogen-bond donors (Lipinski definition) is 0. The lowest BCUT2D eigenvalue weighted by atomic mass is 9.89. The fourth-order valence-corrected chi connectivity index (χ4v) is 6.55. The normalized spacial score (nSPS) is 19.5.